The average molecular weight is 218 g/mol. The number of rotatable bonds is 3. The molecule has 0 aliphatic carbocycles. The van der Waals surface area contributed by atoms with Crippen LogP contribution in [0.4, 0.5) is 0 Å². The number of nitrogens with one attached hydrogen (secondary N) is 1. The summed E-state index contributed by atoms with van der Waals surface area (Å²) in [5.74, 6) is 0.972. The number of aromatic nitrogens is 2. The lowest BCUT2D eigenvalue weighted by Crippen LogP contribution is -1.87. The van der Waals surface area contributed by atoms with Crippen LogP contribution in [0.5, 0.6) is 0 Å². The summed E-state index contributed by atoms with van der Waals surface area (Å²) in [4.78, 5) is 7.28. The summed E-state index contributed by atoms with van der Waals surface area (Å²) < 4.78 is 0. The van der Waals surface area contributed by atoms with Gasteiger partial charge in [0, 0.05) is 18.1 Å². The molecule has 0 radical (unpaired) electrons. The van der Waals surface area contributed by atoms with Gasteiger partial charge >= 0.3 is 0 Å². The van der Waals surface area contributed by atoms with E-state index in [2.05, 4.69) is 42.0 Å². The van der Waals surface area contributed by atoms with Crippen LogP contribution < -0.4 is 0 Å². The van der Waals surface area contributed by atoms with E-state index in [1.54, 1.807) is 18.0 Å². The lowest BCUT2D eigenvalue weighted by Gasteiger charge is -2.05. The summed E-state index contributed by atoms with van der Waals surface area (Å²) in [6.45, 7) is 4.28. The molecule has 0 bridgehead atoms. The highest BCUT2D eigenvalue weighted by atomic mass is 32.2. The minimum atomic E-state index is 0.972. The zero-order valence-corrected chi connectivity index (χ0v) is 9.77. The Balaban J connectivity index is 2.05. The molecule has 3 heteroatoms. The fourth-order valence-electron chi connectivity index (χ4n) is 1.48. The number of imidazole rings is 1. The molecule has 15 heavy (non-hydrogen) atoms. The van der Waals surface area contributed by atoms with Crippen LogP contribution in [0, 0.1) is 13.8 Å². The fourth-order valence-corrected chi connectivity index (χ4v) is 2.39. The van der Waals surface area contributed by atoms with Gasteiger partial charge in [-0.05, 0) is 25.0 Å². The molecule has 0 saturated heterocycles. The lowest BCUT2D eigenvalue weighted by molar-refractivity contribution is 1.06. The van der Waals surface area contributed by atoms with Crippen LogP contribution in [0.15, 0.2) is 35.7 Å². The van der Waals surface area contributed by atoms with E-state index in [1.165, 1.54) is 16.7 Å². The minimum Gasteiger partial charge on any atom is -0.340 e. The number of H-pyrrole nitrogens is 1. The molecule has 1 N–H and O–H groups in total. The second-order valence-corrected chi connectivity index (χ2v) is 4.58. The first-order chi connectivity index (χ1) is 7.25. The third-order valence-corrected chi connectivity index (χ3v) is 3.29. The molecule has 2 aromatic rings. The van der Waals surface area contributed by atoms with E-state index in [0.717, 1.165) is 10.9 Å². The largest absolute Gasteiger partial charge is 0.340 e. The number of benzene rings is 1. The Bertz CT molecular complexity index is 435. The summed E-state index contributed by atoms with van der Waals surface area (Å²) >= 11 is 1.73. The van der Waals surface area contributed by atoms with E-state index in [0.29, 0.717) is 0 Å². The normalized spacial score (nSPS) is 10.5. The molecular formula is C12H14N2S. The maximum absolute atomic E-state index is 4.19. The fraction of sp³-hybridized carbons (Fsp3) is 0.250. The average Bonchev–Trinajstić information content (AvgIpc) is 2.69. The van der Waals surface area contributed by atoms with Crippen LogP contribution in [-0.4, -0.2) is 9.97 Å². The second-order valence-electron chi connectivity index (χ2n) is 3.61. The smallest absolute Gasteiger partial charge is 0.165 e. The van der Waals surface area contributed by atoms with Gasteiger partial charge in [-0.25, -0.2) is 4.98 Å². The third kappa shape index (κ3) is 2.63. The standard InChI is InChI=1S/C12H14N2S/c1-9-3-4-11(10(2)7-9)8-15-12-13-5-6-14-12/h3-7H,8H2,1-2H3,(H,13,14). The Kier molecular flexibility index (Phi) is 3.11. The van der Waals surface area contributed by atoms with Crippen molar-refractivity contribution >= 4 is 11.8 Å². The lowest BCUT2D eigenvalue weighted by atomic mass is 10.1. The van der Waals surface area contributed by atoms with Crippen molar-refractivity contribution in [3.05, 3.63) is 47.3 Å². The van der Waals surface area contributed by atoms with E-state index >= 15 is 0 Å². The van der Waals surface area contributed by atoms with Crippen LogP contribution in [0.2, 0.25) is 0 Å². The van der Waals surface area contributed by atoms with E-state index in [4.69, 9.17) is 0 Å². The molecule has 0 amide bonds. The molecular weight excluding hydrogens is 204 g/mol. The number of thioether (sulfide) groups is 1. The molecule has 0 unspecified atom stereocenters. The van der Waals surface area contributed by atoms with Crippen molar-refractivity contribution in [2.24, 2.45) is 0 Å². The van der Waals surface area contributed by atoms with Crippen LogP contribution in [-0.2, 0) is 5.75 Å². The van der Waals surface area contributed by atoms with Crippen LogP contribution >= 0.6 is 11.8 Å². The summed E-state index contributed by atoms with van der Waals surface area (Å²) in [5, 5.41) is 0.981. The van der Waals surface area contributed by atoms with E-state index in [-0.39, 0.29) is 0 Å². The molecule has 1 aromatic heterocycles. The molecule has 0 aliphatic rings. The molecule has 0 spiro atoms. The maximum Gasteiger partial charge on any atom is 0.165 e. The van der Waals surface area contributed by atoms with Gasteiger partial charge in [-0.2, -0.15) is 0 Å². The quantitative estimate of drug-likeness (QED) is 0.801. The van der Waals surface area contributed by atoms with Crippen molar-refractivity contribution in [3.63, 3.8) is 0 Å². The minimum absolute atomic E-state index is 0.972. The van der Waals surface area contributed by atoms with Crippen molar-refractivity contribution in [3.8, 4) is 0 Å². The van der Waals surface area contributed by atoms with E-state index in [1.807, 2.05) is 6.20 Å². The predicted octanol–water partition coefficient (Wildman–Crippen LogP) is 3.32. The monoisotopic (exact) mass is 218 g/mol. The Labute approximate surface area is 94.1 Å². The van der Waals surface area contributed by atoms with Crippen molar-refractivity contribution in [2.75, 3.05) is 0 Å². The zero-order valence-electron chi connectivity index (χ0n) is 8.95. The molecule has 0 saturated carbocycles. The third-order valence-electron chi connectivity index (χ3n) is 2.34. The van der Waals surface area contributed by atoms with Gasteiger partial charge in [0.25, 0.3) is 0 Å². The summed E-state index contributed by atoms with van der Waals surface area (Å²) in [5.41, 5.74) is 4.05. The van der Waals surface area contributed by atoms with Crippen molar-refractivity contribution < 1.29 is 0 Å². The van der Waals surface area contributed by atoms with Crippen molar-refractivity contribution in [1.82, 2.24) is 9.97 Å². The maximum atomic E-state index is 4.19. The molecule has 1 heterocycles. The topological polar surface area (TPSA) is 28.7 Å². The van der Waals surface area contributed by atoms with Crippen LogP contribution in [0.1, 0.15) is 16.7 Å². The summed E-state index contributed by atoms with van der Waals surface area (Å²) in [7, 11) is 0. The highest BCUT2D eigenvalue weighted by molar-refractivity contribution is 7.98. The Morgan fingerprint density at radius 2 is 2.20 bits per heavy atom. The van der Waals surface area contributed by atoms with Crippen molar-refractivity contribution in [2.45, 2.75) is 24.8 Å². The molecule has 2 nitrogen and oxygen atoms in total. The number of nitrogens with zero attached hydrogens (tertiary/aromatic N) is 1. The van der Waals surface area contributed by atoms with E-state index < -0.39 is 0 Å². The summed E-state index contributed by atoms with van der Waals surface area (Å²) in [6, 6.07) is 6.57. The first-order valence-electron chi connectivity index (χ1n) is 4.94. The molecule has 1 aromatic carbocycles. The molecule has 0 fully saturated rings. The van der Waals surface area contributed by atoms with Crippen LogP contribution in [0.3, 0.4) is 0 Å². The predicted molar refractivity (Wildman–Crippen MR) is 64.1 cm³/mol. The number of hydrogen-bond acceptors (Lipinski definition) is 2. The Morgan fingerprint density at radius 3 is 2.87 bits per heavy atom. The van der Waals surface area contributed by atoms with Crippen molar-refractivity contribution in [1.29, 1.82) is 0 Å². The van der Waals surface area contributed by atoms with Gasteiger partial charge in [0.1, 0.15) is 0 Å². The number of aromatic amines is 1. The van der Waals surface area contributed by atoms with Gasteiger partial charge in [-0.15, -0.1) is 0 Å². The van der Waals surface area contributed by atoms with Gasteiger partial charge in [0.15, 0.2) is 5.16 Å². The first kappa shape index (κ1) is 10.3. The SMILES string of the molecule is Cc1ccc(CSc2ncc[nH]2)c(C)c1. The molecule has 0 atom stereocenters. The number of aryl methyl sites for hydroxylation is 2. The highest BCUT2D eigenvalue weighted by Gasteiger charge is 2.01. The van der Waals surface area contributed by atoms with Gasteiger partial charge in [-0.1, -0.05) is 35.5 Å². The van der Waals surface area contributed by atoms with Gasteiger partial charge < -0.3 is 4.98 Å². The van der Waals surface area contributed by atoms with Gasteiger partial charge in [-0.3, -0.25) is 0 Å². The zero-order chi connectivity index (χ0) is 10.7. The first-order valence-corrected chi connectivity index (χ1v) is 5.92. The molecule has 0 aliphatic heterocycles. The van der Waals surface area contributed by atoms with E-state index in [9.17, 15) is 0 Å². The summed E-state index contributed by atoms with van der Waals surface area (Å²) in [6.07, 6.45) is 3.63. The number of hydrogen-bond donors (Lipinski definition) is 1. The Morgan fingerprint density at radius 1 is 1.33 bits per heavy atom. The van der Waals surface area contributed by atoms with Gasteiger partial charge in [0.2, 0.25) is 0 Å². The molecule has 78 valence electrons. The van der Waals surface area contributed by atoms with Gasteiger partial charge in [0.05, 0.1) is 0 Å². The highest BCUT2D eigenvalue weighted by Crippen LogP contribution is 2.21. The van der Waals surface area contributed by atoms with Crippen LogP contribution in [0.25, 0.3) is 0 Å². The molecule has 2 rings (SSSR count). The Hall–Kier alpha value is -1.22. The second kappa shape index (κ2) is 4.53.